The van der Waals surface area contributed by atoms with Crippen molar-refractivity contribution in [2.24, 2.45) is 0 Å². The van der Waals surface area contributed by atoms with E-state index in [-0.39, 0.29) is 0 Å². The Balaban J connectivity index is 2.53. The van der Waals surface area contributed by atoms with Crippen LogP contribution in [0.1, 0.15) is 5.56 Å². The van der Waals surface area contributed by atoms with E-state index in [1.165, 1.54) is 6.26 Å². The maximum Gasteiger partial charge on any atom is 0.175 e. The van der Waals surface area contributed by atoms with Crippen LogP contribution < -0.4 is 4.90 Å². The molecule has 0 radical (unpaired) electrons. The van der Waals surface area contributed by atoms with Crippen molar-refractivity contribution in [3.05, 3.63) is 23.8 Å². The zero-order valence-corrected chi connectivity index (χ0v) is 9.13. The molecule has 76 valence electrons. The Morgan fingerprint density at radius 3 is 2.71 bits per heavy atom. The number of likely N-dealkylation sites (N-methyl/N-ethyl adjacent to an activating group) is 1. The fraction of sp³-hybridized carbons (Fsp3) is 0.400. The number of benzene rings is 1. The van der Waals surface area contributed by atoms with Crippen molar-refractivity contribution in [1.29, 1.82) is 0 Å². The van der Waals surface area contributed by atoms with Gasteiger partial charge in [0.15, 0.2) is 9.84 Å². The fourth-order valence-corrected chi connectivity index (χ4v) is 2.45. The van der Waals surface area contributed by atoms with Crippen LogP contribution in [0.2, 0.25) is 0 Å². The Morgan fingerprint density at radius 2 is 2.07 bits per heavy atom. The van der Waals surface area contributed by atoms with Gasteiger partial charge in [-0.15, -0.1) is 0 Å². The Kier molecular flexibility index (Phi) is 2.03. The highest BCUT2D eigenvalue weighted by Gasteiger charge is 2.17. The topological polar surface area (TPSA) is 37.4 Å². The zero-order valence-electron chi connectivity index (χ0n) is 8.32. The first-order valence-corrected chi connectivity index (χ1v) is 6.42. The van der Waals surface area contributed by atoms with E-state index >= 15 is 0 Å². The van der Waals surface area contributed by atoms with Gasteiger partial charge in [-0.2, -0.15) is 0 Å². The van der Waals surface area contributed by atoms with E-state index in [9.17, 15) is 8.42 Å². The molecule has 0 unspecified atom stereocenters. The first-order valence-electron chi connectivity index (χ1n) is 4.52. The van der Waals surface area contributed by atoms with Gasteiger partial charge in [0.2, 0.25) is 0 Å². The molecule has 0 saturated heterocycles. The number of hydrogen-bond donors (Lipinski definition) is 0. The van der Waals surface area contributed by atoms with Gasteiger partial charge in [0.1, 0.15) is 0 Å². The lowest BCUT2D eigenvalue weighted by Crippen LogP contribution is -2.12. The lowest BCUT2D eigenvalue weighted by molar-refractivity contribution is 0.602. The Morgan fingerprint density at radius 1 is 1.36 bits per heavy atom. The summed E-state index contributed by atoms with van der Waals surface area (Å²) in [6, 6.07) is 5.35. The van der Waals surface area contributed by atoms with Crippen LogP contribution in [-0.4, -0.2) is 28.3 Å². The highest BCUT2D eigenvalue weighted by molar-refractivity contribution is 7.90. The molecular formula is C10H13NO2S. The molecule has 4 heteroatoms. The van der Waals surface area contributed by atoms with Crippen LogP contribution in [0, 0.1) is 0 Å². The second-order valence-electron chi connectivity index (χ2n) is 3.73. The monoisotopic (exact) mass is 211 g/mol. The summed E-state index contributed by atoms with van der Waals surface area (Å²) >= 11 is 0. The van der Waals surface area contributed by atoms with E-state index in [4.69, 9.17) is 0 Å². The minimum absolute atomic E-state index is 0.423. The molecule has 0 fully saturated rings. The van der Waals surface area contributed by atoms with Crippen LogP contribution in [0.15, 0.2) is 23.1 Å². The van der Waals surface area contributed by atoms with Gasteiger partial charge < -0.3 is 4.90 Å². The number of anilines is 1. The molecule has 0 aromatic heterocycles. The summed E-state index contributed by atoms with van der Waals surface area (Å²) in [6.07, 6.45) is 2.18. The Hall–Kier alpha value is -1.03. The van der Waals surface area contributed by atoms with Crippen molar-refractivity contribution in [1.82, 2.24) is 0 Å². The van der Waals surface area contributed by atoms with Gasteiger partial charge in [-0.25, -0.2) is 8.42 Å². The van der Waals surface area contributed by atoms with E-state index < -0.39 is 9.84 Å². The van der Waals surface area contributed by atoms with Gasteiger partial charge in [-0.1, -0.05) is 0 Å². The van der Waals surface area contributed by atoms with Gasteiger partial charge >= 0.3 is 0 Å². The summed E-state index contributed by atoms with van der Waals surface area (Å²) in [6.45, 7) is 0.975. The first kappa shape index (κ1) is 9.52. The van der Waals surface area contributed by atoms with Crippen LogP contribution >= 0.6 is 0 Å². The van der Waals surface area contributed by atoms with Crippen molar-refractivity contribution >= 4 is 15.5 Å². The molecule has 0 atom stereocenters. The molecule has 0 saturated carbocycles. The molecule has 0 N–H and O–H groups in total. The summed E-state index contributed by atoms with van der Waals surface area (Å²) in [5.41, 5.74) is 2.29. The normalized spacial score (nSPS) is 15.7. The van der Waals surface area contributed by atoms with Gasteiger partial charge in [-0.3, -0.25) is 0 Å². The molecule has 2 rings (SSSR count). The molecule has 0 amide bonds. The Labute approximate surface area is 84.3 Å². The minimum atomic E-state index is -3.06. The molecule has 1 aliphatic heterocycles. The number of sulfone groups is 1. The van der Waals surface area contributed by atoms with Gasteiger partial charge in [0.05, 0.1) is 4.90 Å². The lowest BCUT2D eigenvalue weighted by Gasteiger charge is -2.11. The summed E-state index contributed by atoms with van der Waals surface area (Å²) in [7, 11) is -1.04. The van der Waals surface area contributed by atoms with E-state index in [0.717, 1.165) is 24.2 Å². The number of rotatable bonds is 1. The van der Waals surface area contributed by atoms with E-state index in [1.54, 1.807) is 12.1 Å². The van der Waals surface area contributed by atoms with Crippen LogP contribution in [0.4, 0.5) is 5.69 Å². The first-order chi connectivity index (χ1) is 6.48. The second kappa shape index (κ2) is 2.98. The summed E-state index contributed by atoms with van der Waals surface area (Å²) in [5.74, 6) is 0. The maximum atomic E-state index is 11.3. The predicted octanol–water partition coefficient (Wildman–Crippen LogP) is 1.08. The van der Waals surface area contributed by atoms with Crippen molar-refractivity contribution in [3.8, 4) is 0 Å². The molecule has 1 aromatic rings. The van der Waals surface area contributed by atoms with Crippen LogP contribution in [0.3, 0.4) is 0 Å². The molecule has 0 spiro atoms. The van der Waals surface area contributed by atoms with Crippen LogP contribution in [0.25, 0.3) is 0 Å². The van der Waals surface area contributed by atoms with E-state index in [1.807, 2.05) is 13.1 Å². The van der Waals surface area contributed by atoms with Gasteiger partial charge in [0, 0.05) is 25.5 Å². The average molecular weight is 211 g/mol. The largest absolute Gasteiger partial charge is 0.374 e. The third kappa shape index (κ3) is 1.50. The van der Waals surface area contributed by atoms with Crippen LogP contribution in [-0.2, 0) is 16.3 Å². The third-order valence-corrected chi connectivity index (χ3v) is 3.72. The Bertz CT molecular complexity index is 465. The molecule has 1 aromatic carbocycles. The molecular weight excluding hydrogens is 198 g/mol. The molecule has 14 heavy (non-hydrogen) atoms. The second-order valence-corrected chi connectivity index (χ2v) is 5.75. The quantitative estimate of drug-likeness (QED) is 0.697. The molecule has 1 aliphatic rings. The summed E-state index contributed by atoms with van der Waals surface area (Å²) in [5, 5.41) is 0. The number of nitrogens with zero attached hydrogens (tertiary/aromatic N) is 1. The highest BCUT2D eigenvalue weighted by atomic mass is 32.2. The lowest BCUT2D eigenvalue weighted by atomic mass is 10.2. The molecule has 0 aliphatic carbocycles. The third-order valence-electron chi connectivity index (χ3n) is 2.61. The minimum Gasteiger partial charge on any atom is -0.374 e. The van der Waals surface area contributed by atoms with Crippen molar-refractivity contribution in [3.63, 3.8) is 0 Å². The zero-order chi connectivity index (χ0) is 10.3. The highest BCUT2D eigenvalue weighted by Crippen LogP contribution is 2.28. The number of hydrogen-bond acceptors (Lipinski definition) is 3. The van der Waals surface area contributed by atoms with Gasteiger partial charge in [0.25, 0.3) is 0 Å². The molecule has 0 bridgehead atoms. The average Bonchev–Trinajstić information content (AvgIpc) is 2.46. The summed E-state index contributed by atoms with van der Waals surface area (Å²) < 4.78 is 22.6. The standard InChI is InChI=1S/C10H13NO2S/c1-11-6-5-8-7-9(14(2,12)13)3-4-10(8)11/h3-4,7H,5-6H2,1-2H3. The summed E-state index contributed by atoms with van der Waals surface area (Å²) in [4.78, 5) is 2.56. The molecule has 3 nitrogen and oxygen atoms in total. The predicted molar refractivity (Wildman–Crippen MR) is 56.5 cm³/mol. The van der Waals surface area contributed by atoms with E-state index in [0.29, 0.717) is 4.90 Å². The smallest absolute Gasteiger partial charge is 0.175 e. The van der Waals surface area contributed by atoms with Crippen molar-refractivity contribution < 1.29 is 8.42 Å². The fourth-order valence-electron chi connectivity index (χ4n) is 1.77. The van der Waals surface area contributed by atoms with Crippen molar-refractivity contribution in [2.75, 3.05) is 24.7 Å². The number of fused-ring (bicyclic) bond motifs is 1. The van der Waals surface area contributed by atoms with Gasteiger partial charge in [-0.05, 0) is 30.2 Å². The molecule has 1 heterocycles. The van der Waals surface area contributed by atoms with Crippen molar-refractivity contribution in [2.45, 2.75) is 11.3 Å². The van der Waals surface area contributed by atoms with E-state index in [2.05, 4.69) is 4.90 Å². The SMILES string of the molecule is CN1CCc2cc(S(C)(=O)=O)ccc21. The van der Waals surface area contributed by atoms with Crippen LogP contribution in [0.5, 0.6) is 0 Å². The maximum absolute atomic E-state index is 11.3.